The van der Waals surface area contributed by atoms with Crippen molar-refractivity contribution in [1.82, 2.24) is 5.32 Å². The quantitative estimate of drug-likeness (QED) is 0.549. The van der Waals surface area contributed by atoms with Crippen molar-refractivity contribution >= 4 is 23.0 Å². The van der Waals surface area contributed by atoms with Crippen LogP contribution in [-0.4, -0.2) is 11.7 Å². The van der Waals surface area contributed by atoms with Crippen molar-refractivity contribution in [2.24, 2.45) is 0 Å². The second-order valence-corrected chi connectivity index (χ2v) is 5.95. The lowest BCUT2D eigenvalue weighted by Crippen LogP contribution is -2.32. The van der Waals surface area contributed by atoms with E-state index < -0.39 is 0 Å². The van der Waals surface area contributed by atoms with Gasteiger partial charge < -0.3 is 15.4 Å². The molecule has 0 aliphatic carbocycles. The van der Waals surface area contributed by atoms with Gasteiger partial charge in [0.1, 0.15) is 12.4 Å². The van der Waals surface area contributed by atoms with E-state index >= 15 is 0 Å². The number of hydrogen-bond donors (Lipinski definition) is 2. The molecule has 2 rings (SSSR count). The van der Waals surface area contributed by atoms with Crippen LogP contribution in [0.25, 0.3) is 0 Å². The number of anilines is 1. The molecular formula is C20H24N2OS. The smallest absolute Gasteiger partial charge is 0.171 e. The van der Waals surface area contributed by atoms with Gasteiger partial charge in [-0.25, -0.2) is 0 Å². The minimum absolute atomic E-state index is 0.186. The third kappa shape index (κ3) is 5.10. The molecule has 0 saturated carbocycles. The van der Waals surface area contributed by atoms with E-state index in [1.165, 1.54) is 11.1 Å². The molecule has 2 N–H and O–H groups in total. The number of thiocarbonyl (C=S) groups is 1. The average Bonchev–Trinajstić information content (AvgIpc) is 2.59. The summed E-state index contributed by atoms with van der Waals surface area (Å²) < 4.78 is 5.54. The molecule has 126 valence electrons. The highest BCUT2D eigenvalue weighted by atomic mass is 32.1. The Morgan fingerprint density at radius 1 is 1.25 bits per heavy atom. The van der Waals surface area contributed by atoms with Gasteiger partial charge in [0.05, 0.1) is 6.04 Å². The summed E-state index contributed by atoms with van der Waals surface area (Å²) in [5.41, 5.74) is 3.43. The number of benzene rings is 2. The van der Waals surface area contributed by atoms with Crippen molar-refractivity contribution in [3.05, 3.63) is 72.3 Å². The SMILES string of the molecule is C=CCOc1cccc(NC(=S)N[C@H](CC)c2ccccc2C)c1. The molecule has 0 unspecified atom stereocenters. The van der Waals surface area contributed by atoms with Gasteiger partial charge in [0.15, 0.2) is 5.11 Å². The highest BCUT2D eigenvalue weighted by Crippen LogP contribution is 2.21. The minimum Gasteiger partial charge on any atom is -0.489 e. The van der Waals surface area contributed by atoms with Crippen molar-refractivity contribution in [2.75, 3.05) is 11.9 Å². The predicted octanol–water partition coefficient (Wildman–Crippen LogP) is 5.00. The summed E-state index contributed by atoms with van der Waals surface area (Å²) in [5, 5.41) is 7.23. The molecule has 3 nitrogen and oxygen atoms in total. The Morgan fingerprint density at radius 3 is 2.75 bits per heavy atom. The van der Waals surface area contributed by atoms with E-state index in [4.69, 9.17) is 17.0 Å². The van der Waals surface area contributed by atoms with E-state index in [1.807, 2.05) is 24.3 Å². The van der Waals surface area contributed by atoms with Gasteiger partial charge >= 0.3 is 0 Å². The van der Waals surface area contributed by atoms with E-state index in [1.54, 1.807) is 6.08 Å². The Morgan fingerprint density at radius 2 is 2.04 bits per heavy atom. The predicted molar refractivity (Wildman–Crippen MR) is 106 cm³/mol. The van der Waals surface area contributed by atoms with E-state index in [0.29, 0.717) is 11.7 Å². The first-order chi connectivity index (χ1) is 11.6. The van der Waals surface area contributed by atoms with Gasteiger partial charge in [-0.2, -0.15) is 0 Å². The van der Waals surface area contributed by atoms with E-state index in [0.717, 1.165) is 17.9 Å². The summed E-state index contributed by atoms with van der Waals surface area (Å²) in [4.78, 5) is 0. The van der Waals surface area contributed by atoms with Crippen molar-refractivity contribution < 1.29 is 4.74 Å². The molecule has 0 aromatic heterocycles. The Bertz CT molecular complexity index is 700. The fourth-order valence-electron chi connectivity index (χ4n) is 2.52. The molecule has 2 aromatic carbocycles. The van der Waals surface area contributed by atoms with Gasteiger partial charge in [-0.3, -0.25) is 0 Å². The van der Waals surface area contributed by atoms with Gasteiger partial charge in [-0.1, -0.05) is 49.9 Å². The standard InChI is InChI=1S/C20H24N2OS/c1-4-13-23-17-11-8-10-16(14-17)21-20(24)22-19(5-2)18-12-7-6-9-15(18)3/h4,6-12,14,19H,1,5,13H2,2-3H3,(H2,21,22,24)/t19-/m1/s1. The molecule has 0 saturated heterocycles. The number of hydrogen-bond acceptors (Lipinski definition) is 2. The van der Waals surface area contributed by atoms with Crippen molar-refractivity contribution in [3.63, 3.8) is 0 Å². The molecule has 0 aliphatic rings. The first-order valence-corrected chi connectivity index (χ1v) is 8.51. The maximum atomic E-state index is 5.54. The molecule has 24 heavy (non-hydrogen) atoms. The Hall–Kier alpha value is -2.33. The van der Waals surface area contributed by atoms with Crippen LogP contribution in [0.5, 0.6) is 5.75 Å². The fraction of sp³-hybridized carbons (Fsp3) is 0.250. The second-order valence-electron chi connectivity index (χ2n) is 5.54. The topological polar surface area (TPSA) is 33.3 Å². The molecular weight excluding hydrogens is 316 g/mol. The lowest BCUT2D eigenvalue weighted by molar-refractivity contribution is 0.363. The van der Waals surface area contributed by atoms with Crippen LogP contribution in [0, 0.1) is 6.92 Å². The van der Waals surface area contributed by atoms with E-state index in [-0.39, 0.29) is 6.04 Å². The second kappa shape index (κ2) is 9.08. The van der Waals surface area contributed by atoms with E-state index in [9.17, 15) is 0 Å². The van der Waals surface area contributed by atoms with Crippen LogP contribution < -0.4 is 15.4 Å². The number of ether oxygens (including phenoxy) is 1. The highest BCUT2D eigenvalue weighted by molar-refractivity contribution is 7.80. The van der Waals surface area contributed by atoms with Crippen LogP contribution in [0.1, 0.15) is 30.5 Å². The summed E-state index contributed by atoms with van der Waals surface area (Å²) in [6.07, 6.45) is 2.68. The minimum atomic E-state index is 0.186. The fourth-order valence-corrected chi connectivity index (χ4v) is 2.78. The largest absolute Gasteiger partial charge is 0.489 e. The number of rotatable bonds is 7. The summed E-state index contributed by atoms with van der Waals surface area (Å²) in [6.45, 7) is 8.41. The van der Waals surface area contributed by atoms with Gasteiger partial charge in [0.25, 0.3) is 0 Å². The third-order valence-electron chi connectivity index (χ3n) is 3.74. The molecule has 1 atom stereocenters. The van der Waals surface area contributed by atoms with Crippen LogP contribution in [-0.2, 0) is 0 Å². The Labute approximate surface area is 149 Å². The third-order valence-corrected chi connectivity index (χ3v) is 3.96. The van der Waals surface area contributed by atoms with Gasteiger partial charge in [0.2, 0.25) is 0 Å². The first kappa shape index (κ1) is 18.0. The summed E-state index contributed by atoms with van der Waals surface area (Å²) in [7, 11) is 0. The number of aryl methyl sites for hydroxylation is 1. The maximum absolute atomic E-state index is 5.54. The molecule has 0 heterocycles. The van der Waals surface area contributed by atoms with E-state index in [2.05, 4.69) is 55.3 Å². The van der Waals surface area contributed by atoms with Crippen molar-refractivity contribution in [2.45, 2.75) is 26.3 Å². The molecule has 0 bridgehead atoms. The zero-order valence-corrected chi connectivity index (χ0v) is 15.0. The number of nitrogens with one attached hydrogen (secondary N) is 2. The van der Waals surface area contributed by atoms with Gasteiger partial charge in [0, 0.05) is 11.8 Å². The molecule has 2 aromatic rings. The van der Waals surface area contributed by atoms with Crippen molar-refractivity contribution in [3.8, 4) is 5.75 Å². The zero-order chi connectivity index (χ0) is 17.4. The lowest BCUT2D eigenvalue weighted by atomic mass is 10.00. The highest BCUT2D eigenvalue weighted by Gasteiger charge is 2.12. The Kier molecular flexibility index (Phi) is 6.82. The van der Waals surface area contributed by atoms with Crippen LogP contribution >= 0.6 is 12.2 Å². The normalized spacial score (nSPS) is 11.4. The van der Waals surface area contributed by atoms with Gasteiger partial charge in [-0.05, 0) is 48.8 Å². The van der Waals surface area contributed by atoms with Crippen LogP contribution in [0.4, 0.5) is 5.69 Å². The summed E-state index contributed by atoms with van der Waals surface area (Å²) in [6, 6.07) is 16.3. The maximum Gasteiger partial charge on any atom is 0.171 e. The molecule has 0 spiro atoms. The van der Waals surface area contributed by atoms with Crippen LogP contribution in [0.3, 0.4) is 0 Å². The average molecular weight is 340 g/mol. The molecule has 0 radical (unpaired) electrons. The van der Waals surface area contributed by atoms with Crippen molar-refractivity contribution in [1.29, 1.82) is 0 Å². The molecule has 0 amide bonds. The molecule has 4 heteroatoms. The summed E-state index contributed by atoms with van der Waals surface area (Å²) in [5.74, 6) is 0.786. The zero-order valence-electron chi connectivity index (χ0n) is 14.2. The molecule has 0 fully saturated rings. The van der Waals surface area contributed by atoms with Crippen LogP contribution in [0.2, 0.25) is 0 Å². The monoisotopic (exact) mass is 340 g/mol. The summed E-state index contributed by atoms with van der Waals surface area (Å²) >= 11 is 5.47. The lowest BCUT2D eigenvalue weighted by Gasteiger charge is -2.21. The van der Waals surface area contributed by atoms with Gasteiger partial charge in [-0.15, -0.1) is 0 Å². The Balaban J connectivity index is 2.01. The molecule has 0 aliphatic heterocycles. The first-order valence-electron chi connectivity index (χ1n) is 8.10. The van der Waals surface area contributed by atoms with Crippen LogP contribution in [0.15, 0.2) is 61.2 Å².